The number of hydrogen-bond acceptors (Lipinski definition) is 4. The molecule has 0 saturated carbocycles. The van der Waals surface area contributed by atoms with E-state index in [9.17, 15) is 14.4 Å². The molecular weight excluding hydrogens is 430 g/mol. The fraction of sp³-hybridized carbons (Fsp3) is 0.231. The van der Waals surface area contributed by atoms with E-state index in [4.69, 9.17) is 0 Å². The van der Waals surface area contributed by atoms with Gasteiger partial charge in [0.05, 0.1) is 0 Å². The predicted octanol–water partition coefficient (Wildman–Crippen LogP) is 3.89. The molecule has 0 atom stereocenters. The normalized spacial score (nSPS) is 14.6. The zero-order valence-corrected chi connectivity index (χ0v) is 19.7. The molecule has 4 rings (SSSR count). The van der Waals surface area contributed by atoms with Gasteiger partial charge in [-0.15, -0.1) is 0 Å². The Morgan fingerprint density at radius 3 is 2.59 bits per heavy atom. The topological polar surface area (TPSA) is 96.3 Å². The molecule has 4 amide bonds. The van der Waals surface area contributed by atoms with E-state index in [1.807, 2.05) is 68.7 Å². The quantitative estimate of drug-likeness (QED) is 0.434. The van der Waals surface area contributed by atoms with Crippen molar-refractivity contribution in [2.45, 2.75) is 34.1 Å². The van der Waals surface area contributed by atoms with Gasteiger partial charge in [-0.05, 0) is 68.2 Å². The van der Waals surface area contributed by atoms with Crippen LogP contribution in [0.3, 0.4) is 0 Å². The Bertz CT molecular complexity index is 1300. The van der Waals surface area contributed by atoms with Gasteiger partial charge in [0.25, 0.3) is 5.91 Å². The molecule has 1 saturated heterocycles. The van der Waals surface area contributed by atoms with Crippen molar-refractivity contribution in [3.8, 4) is 5.82 Å². The van der Waals surface area contributed by atoms with Crippen molar-refractivity contribution in [1.82, 2.24) is 19.8 Å². The summed E-state index contributed by atoms with van der Waals surface area (Å²) in [7, 11) is 0. The maximum Gasteiger partial charge on any atom is 0.329 e. The summed E-state index contributed by atoms with van der Waals surface area (Å²) in [5, 5.41) is 5.38. The Morgan fingerprint density at radius 1 is 1.12 bits per heavy atom. The first-order valence-electron chi connectivity index (χ1n) is 11.1. The number of rotatable bonds is 6. The number of imide groups is 1. The molecule has 1 aliphatic heterocycles. The maximum absolute atomic E-state index is 12.9. The highest BCUT2D eigenvalue weighted by molar-refractivity contribution is 6.16. The molecule has 1 fully saturated rings. The molecule has 8 nitrogen and oxygen atoms in total. The number of para-hydroxylation sites is 1. The van der Waals surface area contributed by atoms with Gasteiger partial charge in [-0.1, -0.05) is 31.2 Å². The minimum Gasteiger partial charge on any atom is -0.324 e. The van der Waals surface area contributed by atoms with E-state index in [2.05, 4.69) is 15.6 Å². The van der Waals surface area contributed by atoms with E-state index in [1.165, 1.54) is 0 Å². The Morgan fingerprint density at radius 2 is 1.88 bits per heavy atom. The number of aryl methyl sites for hydroxylation is 3. The maximum atomic E-state index is 12.9. The van der Waals surface area contributed by atoms with Crippen LogP contribution in [-0.2, 0) is 16.0 Å². The second-order valence-corrected chi connectivity index (χ2v) is 8.29. The molecular formula is C26H27N5O3. The highest BCUT2D eigenvalue weighted by atomic mass is 16.2. The molecule has 0 unspecified atom stereocenters. The lowest BCUT2D eigenvalue weighted by Crippen LogP contribution is -2.38. The number of nitrogens with zero attached hydrogens (tertiary/aromatic N) is 3. The van der Waals surface area contributed by atoms with E-state index in [0.717, 1.165) is 45.2 Å². The van der Waals surface area contributed by atoms with Crippen molar-refractivity contribution < 1.29 is 14.4 Å². The van der Waals surface area contributed by atoms with Crippen LogP contribution in [0.15, 0.2) is 54.4 Å². The second kappa shape index (κ2) is 9.35. The van der Waals surface area contributed by atoms with Crippen molar-refractivity contribution in [1.29, 1.82) is 0 Å². The van der Waals surface area contributed by atoms with Gasteiger partial charge in [0.1, 0.15) is 18.1 Å². The zero-order valence-electron chi connectivity index (χ0n) is 19.7. The molecule has 2 aromatic heterocycles. The number of anilines is 1. The first kappa shape index (κ1) is 23.0. The molecule has 0 aliphatic carbocycles. The second-order valence-electron chi connectivity index (χ2n) is 8.29. The zero-order chi connectivity index (χ0) is 24.4. The SMILES string of the molecule is CCc1ccccc1NC(=O)CN1C(=O)N/C(=C/c2cc(C)n(-c3ccc(C)cn3)c2C)C1=O. The molecule has 3 heterocycles. The number of pyridine rings is 1. The van der Waals surface area contributed by atoms with Gasteiger partial charge < -0.3 is 15.2 Å². The number of amides is 4. The van der Waals surface area contributed by atoms with Crippen LogP contribution < -0.4 is 10.6 Å². The summed E-state index contributed by atoms with van der Waals surface area (Å²) in [6, 6.07) is 12.7. The minimum absolute atomic E-state index is 0.129. The van der Waals surface area contributed by atoms with E-state index >= 15 is 0 Å². The third-order valence-corrected chi connectivity index (χ3v) is 5.83. The largest absolute Gasteiger partial charge is 0.329 e. The fourth-order valence-electron chi connectivity index (χ4n) is 4.03. The summed E-state index contributed by atoms with van der Waals surface area (Å²) in [4.78, 5) is 43.3. The van der Waals surface area contributed by atoms with Crippen LogP contribution in [0.2, 0.25) is 0 Å². The number of nitrogens with one attached hydrogen (secondary N) is 2. The average molecular weight is 458 g/mol. The third-order valence-electron chi connectivity index (χ3n) is 5.83. The number of carbonyl (C=O) groups excluding carboxylic acids is 3. The van der Waals surface area contributed by atoms with E-state index in [-0.39, 0.29) is 12.2 Å². The van der Waals surface area contributed by atoms with Crippen LogP contribution in [-0.4, -0.2) is 38.8 Å². The predicted molar refractivity (Wildman–Crippen MR) is 130 cm³/mol. The molecule has 174 valence electrons. The first-order chi connectivity index (χ1) is 16.3. The summed E-state index contributed by atoms with van der Waals surface area (Å²) in [5.41, 5.74) is 5.46. The van der Waals surface area contributed by atoms with Gasteiger partial charge in [0.15, 0.2) is 0 Å². The van der Waals surface area contributed by atoms with Crippen LogP contribution in [0.25, 0.3) is 11.9 Å². The number of urea groups is 1. The molecule has 0 radical (unpaired) electrons. The molecule has 1 aromatic carbocycles. The number of aromatic nitrogens is 2. The monoisotopic (exact) mass is 457 g/mol. The molecule has 8 heteroatoms. The molecule has 0 spiro atoms. The van der Waals surface area contributed by atoms with Gasteiger partial charge in [0, 0.05) is 23.3 Å². The Labute approximate surface area is 198 Å². The summed E-state index contributed by atoms with van der Waals surface area (Å²) in [6.45, 7) is 7.48. The highest BCUT2D eigenvalue weighted by Gasteiger charge is 2.35. The Balaban J connectivity index is 1.53. The van der Waals surface area contributed by atoms with Gasteiger partial charge in [-0.3, -0.25) is 9.59 Å². The van der Waals surface area contributed by atoms with Crippen LogP contribution in [0.5, 0.6) is 0 Å². The van der Waals surface area contributed by atoms with Crippen molar-refractivity contribution >= 4 is 29.6 Å². The lowest BCUT2D eigenvalue weighted by Gasteiger charge is -2.13. The molecule has 2 N–H and O–H groups in total. The Hall–Kier alpha value is -4.20. The molecule has 3 aromatic rings. The van der Waals surface area contributed by atoms with Crippen LogP contribution in [0.4, 0.5) is 10.5 Å². The third kappa shape index (κ3) is 4.47. The summed E-state index contributed by atoms with van der Waals surface area (Å²) < 4.78 is 1.99. The van der Waals surface area contributed by atoms with Crippen LogP contribution in [0.1, 0.15) is 35.0 Å². The fourth-order valence-corrected chi connectivity index (χ4v) is 4.03. The molecule has 1 aliphatic rings. The van der Waals surface area contributed by atoms with Crippen molar-refractivity contribution in [2.24, 2.45) is 0 Å². The first-order valence-corrected chi connectivity index (χ1v) is 11.1. The van der Waals surface area contributed by atoms with Crippen LogP contribution in [0, 0.1) is 20.8 Å². The van der Waals surface area contributed by atoms with E-state index in [1.54, 1.807) is 18.3 Å². The minimum atomic E-state index is -0.621. The van der Waals surface area contributed by atoms with Gasteiger partial charge in [-0.2, -0.15) is 0 Å². The average Bonchev–Trinajstić information content (AvgIpc) is 3.24. The smallest absolute Gasteiger partial charge is 0.324 e. The lowest BCUT2D eigenvalue weighted by atomic mass is 10.1. The van der Waals surface area contributed by atoms with E-state index in [0.29, 0.717) is 5.69 Å². The number of benzene rings is 1. The molecule has 34 heavy (non-hydrogen) atoms. The number of carbonyl (C=O) groups is 3. The summed E-state index contributed by atoms with van der Waals surface area (Å²) >= 11 is 0. The van der Waals surface area contributed by atoms with Crippen LogP contribution >= 0.6 is 0 Å². The van der Waals surface area contributed by atoms with Gasteiger partial charge in [-0.25, -0.2) is 14.7 Å². The molecule has 0 bridgehead atoms. The summed E-state index contributed by atoms with van der Waals surface area (Å²) in [5.74, 6) is -0.200. The van der Waals surface area contributed by atoms with E-state index < -0.39 is 17.8 Å². The van der Waals surface area contributed by atoms with Crippen molar-refractivity contribution in [2.75, 3.05) is 11.9 Å². The number of hydrogen-bond donors (Lipinski definition) is 2. The lowest BCUT2D eigenvalue weighted by molar-refractivity contribution is -0.127. The van der Waals surface area contributed by atoms with Gasteiger partial charge >= 0.3 is 6.03 Å². The highest BCUT2D eigenvalue weighted by Crippen LogP contribution is 2.23. The Kier molecular flexibility index (Phi) is 6.32. The van der Waals surface area contributed by atoms with Gasteiger partial charge in [0.2, 0.25) is 5.91 Å². The van der Waals surface area contributed by atoms with Crippen molar-refractivity contribution in [3.05, 3.63) is 82.4 Å². The standard InChI is InChI=1S/C26H27N5O3/c1-5-19-8-6-7-9-21(19)28-24(32)15-30-25(33)22(29-26(30)34)13-20-12-17(3)31(18(20)4)23-11-10-16(2)14-27-23/h6-14H,5,15H2,1-4H3,(H,28,32)(H,29,34)/b22-13+. The van der Waals surface area contributed by atoms with Crippen molar-refractivity contribution in [3.63, 3.8) is 0 Å². The summed E-state index contributed by atoms with van der Waals surface area (Å²) in [6.07, 6.45) is 4.19.